The quantitative estimate of drug-likeness (QED) is 0.723. The van der Waals surface area contributed by atoms with Gasteiger partial charge in [0.2, 0.25) is 0 Å². The summed E-state index contributed by atoms with van der Waals surface area (Å²) in [6.07, 6.45) is -4.64. The van der Waals surface area contributed by atoms with Crippen LogP contribution in [0.5, 0.6) is 5.75 Å². The van der Waals surface area contributed by atoms with E-state index in [2.05, 4.69) is 4.72 Å². The van der Waals surface area contributed by atoms with Crippen LogP contribution in [0, 0.1) is 0 Å². The highest BCUT2D eigenvalue weighted by atomic mass is 32.2. The van der Waals surface area contributed by atoms with Crippen molar-refractivity contribution in [3.05, 3.63) is 66.2 Å². The third kappa shape index (κ3) is 3.39. The summed E-state index contributed by atoms with van der Waals surface area (Å²) in [5, 5.41) is 10.7. The number of phenolic OH excluding ortho intramolecular Hbond substituents is 1. The fraction of sp³-hybridized carbons (Fsp3) is 0.0588. The van der Waals surface area contributed by atoms with Crippen LogP contribution in [0.1, 0.15) is 5.56 Å². The van der Waals surface area contributed by atoms with E-state index in [-0.39, 0.29) is 11.4 Å². The molecule has 0 heterocycles. The number of hydrogen-bond donors (Lipinski definition) is 2. The van der Waals surface area contributed by atoms with Crippen LogP contribution in [-0.2, 0) is 16.2 Å². The normalized spacial score (nSPS) is 12.3. The van der Waals surface area contributed by atoms with Crippen molar-refractivity contribution in [1.82, 2.24) is 0 Å². The molecular formula is C17H12F3NO3S. The Balaban J connectivity index is 2.05. The van der Waals surface area contributed by atoms with Crippen LogP contribution in [0.2, 0.25) is 0 Å². The number of aromatic hydroxyl groups is 1. The van der Waals surface area contributed by atoms with Crippen molar-refractivity contribution < 1.29 is 26.7 Å². The molecule has 0 amide bonds. The minimum atomic E-state index is -4.64. The minimum Gasteiger partial charge on any atom is -0.507 e. The predicted octanol–water partition coefficient (Wildman–Crippen LogP) is 4.37. The molecule has 0 aromatic heterocycles. The van der Waals surface area contributed by atoms with Crippen molar-refractivity contribution in [2.24, 2.45) is 0 Å². The maximum atomic E-state index is 12.8. The molecular weight excluding hydrogens is 355 g/mol. The summed E-state index contributed by atoms with van der Waals surface area (Å²) in [4.78, 5) is -0.500. The number of rotatable bonds is 3. The van der Waals surface area contributed by atoms with E-state index in [0.29, 0.717) is 16.8 Å². The smallest absolute Gasteiger partial charge is 0.416 e. The third-order valence-electron chi connectivity index (χ3n) is 3.62. The van der Waals surface area contributed by atoms with E-state index in [1.54, 1.807) is 18.2 Å². The van der Waals surface area contributed by atoms with Gasteiger partial charge in [0.15, 0.2) is 0 Å². The maximum absolute atomic E-state index is 12.8. The van der Waals surface area contributed by atoms with Crippen molar-refractivity contribution in [3.8, 4) is 5.75 Å². The zero-order valence-corrected chi connectivity index (χ0v) is 13.4. The number of nitrogens with one attached hydrogen (secondary N) is 1. The fourth-order valence-corrected chi connectivity index (χ4v) is 3.55. The Bertz CT molecular complexity index is 1050. The predicted molar refractivity (Wildman–Crippen MR) is 87.9 cm³/mol. The molecule has 0 saturated carbocycles. The molecule has 3 aromatic rings. The summed E-state index contributed by atoms with van der Waals surface area (Å²) in [5.74, 6) is -0.0300. The molecule has 0 aliphatic rings. The van der Waals surface area contributed by atoms with E-state index in [1.807, 2.05) is 0 Å². The van der Waals surface area contributed by atoms with E-state index in [0.717, 1.165) is 18.2 Å². The molecule has 0 aliphatic heterocycles. The summed E-state index contributed by atoms with van der Waals surface area (Å²) in [6.45, 7) is 0. The SMILES string of the molecule is O=S(=O)(Nc1cccc2c(O)cccc12)c1cccc(C(F)(F)F)c1. The molecule has 8 heteroatoms. The number of halogens is 3. The number of phenols is 1. The van der Waals surface area contributed by atoms with Gasteiger partial charge in [-0.1, -0.05) is 30.3 Å². The number of hydrogen-bond acceptors (Lipinski definition) is 3. The number of anilines is 1. The van der Waals surface area contributed by atoms with Gasteiger partial charge in [-0.25, -0.2) is 8.42 Å². The third-order valence-corrected chi connectivity index (χ3v) is 4.98. The molecule has 0 aliphatic carbocycles. The Morgan fingerprint density at radius 3 is 2.24 bits per heavy atom. The maximum Gasteiger partial charge on any atom is 0.416 e. The first-order valence-electron chi connectivity index (χ1n) is 7.09. The lowest BCUT2D eigenvalue weighted by Gasteiger charge is -2.13. The summed E-state index contributed by atoms with van der Waals surface area (Å²) in [6, 6.07) is 12.7. The number of fused-ring (bicyclic) bond motifs is 1. The van der Waals surface area contributed by atoms with Crippen LogP contribution in [0.25, 0.3) is 10.8 Å². The summed E-state index contributed by atoms with van der Waals surface area (Å²) in [5.41, 5.74) is -0.892. The Morgan fingerprint density at radius 1 is 0.880 bits per heavy atom. The molecule has 4 nitrogen and oxygen atoms in total. The zero-order chi connectivity index (χ0) is 18.2. The zero-order valence-electron chi connectivity index (χ0n) is 12.6. The monoisotopic (exact) mass is 367 g/mol. The number of sulfonamides is 1. The molecule has 0 bridgehead atoms. The van der Waals surface area contributed by atoms with Gasteiger partial charge in [0, 0.05) is 10.8 Å². The van der Waals surface area contributed by atoms with Gasteiger partial charge in [0.25, 0.3) is 10.0 Å². The fourth-order valence-electron chi connectivity index (χ4n) is 2.43. The second-order valence-electron chi connectivity index (χ2n) is 5.31. The summed E-state index contributed by atoms with van der Waals surface area (Å²) < 4.78 is 65.6. The van der Waals surface area contributed by atoms with Gasteiger partial charge in [-0.05, 0) is 30.3 Å². The molecule has 25 heavy (non-hydrogen) atoms. The van der Waals surface area contributed by atoms with Gasteiger partial charge in [-0.3, -0.25) is 4.72 Å². The Kier molecular flexibility index (Phi) is 4.08. The Morgan fingerprint density at radius 2 is 1.52 bits per heavy atom. The second-order valence-corrected chi connectivity index (χ2v) is 6.99. The standard InChI is InChI=1S/C17H12F3NO3S/c18-17(19,20)11-4-1-5-12(10-11)25(23,24)21-15-8-2-7-14-13(15)6-3-9-16(14)22/h1-10,21-22H. The minimum absolute atomic E-state index is 0.0300. The lowest BCUT2D eigenvalue weighted by atomic mass is 10.1. The van der Waals surface area contributed by atoms with Gasteiger partial charge in [-0.2, -0.15) is 13.2 Å². The van der Waals surface area contributed by atoms with Gasteiger partial charge >= 0.3 is 6.18 Å². The number of benzene rings is 3. The van der Waals surface area contributed by atoms with Crippen LogP contribution in [0.3, 0.4) is 0 Å². The van der Waals surface area contributed by atoms with Crippen LogP contribution in [-0.4, -0.2) is 13.5 Å². The molecule has 2 N–H and O–H groups in total. The van der Waals surface area contributed by atoms with Crippen LogP contribution >= 0.6 is 0 Å². The molecule has 3 aromatic carbocycles. The van der Waals surface area contributed by atoms with E-state index in [4.69, 9.17) is 0 Å². The van der Waals surface area contributed by atoms with Crippen molar-refractivity contribution in [3.63, 3.8) is 0 Å². The van der Waals surface area contributed by atoms with Gasteiger partial charge < -0.3 is 5.11 Å². The molecule has 0 atom stereocenters. The van der Waals surface area contributed by atoms with Crippen LogP contribution < -0.4 is 4.72 Å². The van der Waals surface area contributed by atoms with Crippen LogP contribution in [0.4, 0.5) is 18.9 Å². The average Bonchev–Trinajstić information content (AvgIpc) is 2.55. The first-order valence-corrected chi connectivity index (χ1v) is 8.57. The van der Waals surface area contributed by atoms with Gasteiger partial charge in [-0.15, -0.1) is 0 Å². The van der Waals surface area contributed by atoms with Crippen molar-refractivity contribution in [1.29, 1.82) is 0 Å². The average molecular weight is 367 g/mol. The number of alkyl halides is 3. The Labute approximate surface area is 141 Å². The summed E-state index contributed by atoms with van der Waals surface area (Å²) in [7, 11) is -4.23. The molecule has 3 rings (SSSR count). The first kappa shape index (κ1) is 17.1. The van der Waals surface area contributed by atoms with Crippen molar-refractivity contribution >= 4 is 26.5 Å². The van der Waals surface area contributed by atoms with E-state index in [1.165, 1.54) is 18.2 Å². The highest BCUT2D eigenvalue weighted by Gasteiger charge is 2.31. The largest absolute Gasteiger partial charge is 0.507 e. The second kappa shape index (κ2) is 5.96. The summed E-state index contributed by atoms with van der Waals surface area (Å²) >= 11 is 0. The lowest BCUT2D eigenvalue weighted by molar-refractivity contribution is -0.137. The van der Waals surface area contributed by atoms with Crippen LogP contribution in [0.15, 0.2) is 65.6 Å². The molecule has 0 spiro atoms. The molecule has 0 unspecified atom stereocenters. The highest BCUT2D eigenvalue weighted by Crippen LogP contribution is 2.33. The van der Waals surface area contributed by atoms with E-state index < -0.39 is 26.7 Å². The van der Waals surface area contributed by atoms with Crippen molar-refractivity contribution in [2.75, 3.05) is 4.72 Å². The lowest BCUT2D eigenvalue weighted by Crippen LogP contribution is -2.14. The molecule has 130 valence electrons. The Hall–Kier alpha value is -2.74. The van der Waals surface area contributed by atoms with Gasteiger partial charge in [0.05, 0.1) is 16.1 Å². The van der Waals surface area contributed by atoms with E-state index >= 15 is 0 Å². The van der Waals surface area contributed by atoms with Gasteiger partial charge in [0.1, 0.15) is 5.75 Å². The van der Waals surface area contributed by atoms with Crippen molar-refractivity contribution in [2.45, 2.75) is 11.1 Å². The highest BCUT2D eigenvalue weighted by molar-refractivity contribution is 7.92. The first-order chi connectivity index (χ1) is 11.7. The topological polar surface area (TPSA) is 66.4 Å². The molecule has 0 saturated heterocycles. The molecule has 0 radical (unpaired) electrons. The molecule has 0 fully saturated rings. The van der Waals surface area contributed by atoms with E-state index in [9.17, 15) is 26.7 Å².